The molecule has 0 aliphatic carbocycles. The van der Waals surface area contributed by atoms with E-state index in [2.05, 4.69) is 11.9 Å². The van der Waals surface area contributed by atoms with Crippen molar-refractivity contribution in [3.05, 3.63) is 27.6 Å². The van der Waals surface area contributed by atoms with Gasteiger partial charge in [0.15, 0.2) is 0 Å². The molecule has 4 nitrogen and oxygen atoms in total. The van der Waals surface area contributed by atoms with Gasteiger partial charge in [-0.05, 0) is 18.9 Å². The van der Waals surface area contributed by atoms with Crippen LogP contribution in [0.25, 0.3) is 10.2 Å². The summed E-state index contributed by atoms with van der Waals surface area (Å²) in [6.45, 7) is 2.21. The second kappa shape index (κ2) is 5.23. The van der Waals surface area contributed by atoms with Crippen LogP contribution in [0.15, 0.2) is 17.2 Å². The van der Waals surface area contributed by atoms with E-state index in [0.717, 1.165) is 24.1 Å². The van der Waals surface area contributed by atoms with Crippen molar-refractivity contribution in [2.45, 2.75) is 32.7 Å². The summed E-state index contributed by atoms with van der Waals surface area (Å²) in [7, 11) is 0. The first kappa shape index (κ1) is 12.0. The average molecular weight is 250 g/mol. The number of fused-ring (bicyclic) bond motifs is 1. The van der Waals surface area contributed by atoms with Crippen LogP contribution in [-0.2, 0) is 17.8 Å². The van der Waals surface area contributed by atoms with Crippen molar-refractivity contribution in [3.63, 3.8) is 0 Å². The van der Waals surface area contributed by atoms with E-state index in [1.165, 1.54) is 15.8 Å². The molecule has 2 aromatic rings. The Kier molecular flexibility index (Phi) is 3.68. The van der Waals surface area contributed by atoms with Crippen LogP contribution in [0.1, 0.15) is 24.6 Å². The van der Waals surface area contributed by atoms with E-state index in [4.69, 9.17) is 0 Å². The molecule has 0 N–H and O–H groups in total. The van der Waals surface area contributed by atoms with Crippen LogP contribution in [0.4, 0.5) is 0 Å². The summed E-state index contributed by atoms with van der Waals surface area (Å²) in [5.41, 5.74) is -0.124. The number of aromatic nitrogens is 2. The Morgan fingerprint density at radius 2 is 2.35 bits per heavy atom. The number of aldehydes is 1. The van der Waals surface area contributed by atoms with Gasteiger partial charge in [0.25, 0.3) is 5.56 Å². The number of carbonyl (C=O) groups excluding carboxylic acids is 1. The third kappa shape index (κ3) is 2.44. The number of aryl methyl sites for hydroxylation is 1. The Morgan fingerprint density at radius 1 is 1.53 bits per heavy atom. The van der Waals surface area contributed by atoms with Crippen molar-refractivity contribution >= 4 is 27.8 Å². The maximum atomic E-state index is 12.0. The van der Waals surface area contributed by atoms with E-state index in [0.29, 0.717) is 11.7 Å². The van der Waals surface area contributed by atoms with Crippen LogP contribution in [0.5, 0.6) is 0 Å². The van der Waals surface area contributed by atoms with Gasteiger partial charge in [0.1, 0.15) is 11.1 Å². The van der Waals surface area contributed by atoms with Gasteiger partial charge in [-0.3, -0.25) is 9.36 Å². The first-order chi connectivity index (χ1) is 8.26. The quantitative estimate of drug-likeness (QED) is 0.763. The molecule has 0 amide bonds. The molecule has 5 heteroatoms. The molecule has 0 bridgehead atoms. The number of hydrogen-bond donors (Lipinski definition) is 0. The lowest BCUT2D eigenvalue weighted by Gasteiger charge is -1.97. The van der Waals surface area contributed by atoms with Crippen LogP contribution in [0, 0.1) is 0 Å². The Labute approximate surface area is 103 Å². The first-order valence-corrected chi connectivity index (χ1v) is 6.49. The third-order valence-electron chi connectivity index (χ3n) is 2.62. The van der Waals surface area contributed by atoms with Crippen molar-refractivity contribution in [1.82, 2.24) is 9.55 Å². The van der Waals surface area contributed by atoms with Gasteiger partial charge in [0.2, 0.25) is 0 Å². The fourth-order valence-electron chi connectivity index (χ4n) is 1.69. The smallest absolute Gasteiger partial charge is 0.262 e. The molecular weight excluding hydrogens is 236 g/mol. The molecule has 0 radical (unpaired) electrons. The van der Waals surface area contributed by atoms with Crippen molar-refractivity contribution in [2.24, 2.45) is 0 Å². The van der Waals surface area contributed by atoms with E-state index in [-0.39, 0.29) is 12.1 Å². The monoisotopic (exact) mass is 250 g/mol. The molecule has 0 aliphatic heterocycles. The van der Waals surface area contributed by atoms with Crippen molar-refractivity contribution in [1.29, 1.82) is 0 Å². The lowest BCUT2D eigenvalue weighted by atomic mass is 10.2. The fraction of sp³-hybridized carbons (Fsp3) is 0.417. The molecule has 2 heterocycles. The number of hydrogen-bond acceptors (Lipinski definition) is 4. The summed E-state index contributed by atoms with van der Waals surface area (Å²) in [5, 5.41) is 0.630. The molecule has 2 aromatic heterocycles. The topological polar surface area (TPSA) is 52.0 Å². The molecule has 0 saturated heterocycles. The molecule has 0 aliphatic rings. The van der Waals surface area contributed by atoms with Gasteiger partial charge >= 0.3 is 0 Å². The van der Waals surface area contributed by atoms with Crippen molar-refractivity contribution < 1.29 is 4.79 Å². The molecule has 0 saturated carbocycles. The summed E-state index contributed by atoms with van der Waals surface area (Å²) in [4.78, 5) is 28.6. The summed E-state index contributed by atoms with van der Waals surface area (Å²) in [5.74, 6) is 0. The van der Waals surface area contributed by atoms with E-state index >= 15 is 0 Å². The van der Waals surface area contributed by atoms with E-state index < -0.39 is 0 Å². The Hall–Kier alpha value is -1.49. The highest BCUT2D eigenvalue weighted by atomic mass is 32.1. The average Bonchev–Trinajstić information content (AvgIpc) is 2.74. The third-order valence-corrected chi connectivity index (χ3v) is 3.72. The fourth-order valence-corrected chi connectivity index (χ4v) is 2.72. The summed E-state index contributed by atoms with van der Waals surface area (Å²) >= 11 is 1.57. The largest absolute Gasteiger partial charge is 0.301 e. The minimum atomic E-state index is -0.124. The van der Waals surface area contributed by atoms with E-state index in [1.54, 1.807) is 11.3 Å². The molecule has 0 atom stereocenters. The van der Waals surface area contributed by atoms with Crippen LogP contribution >= 0.6 is 11.3 Å². The molecule has 0 fully saturated rings. The van der Waals surface area contributed by atoms with E-state index in [9.17, 15) is 9.59 Å². The van der Waals surface area contributed by atoms with Crippen LogP contribution in [0.2, 0.25) is 0 Å². The van der Waals surface area contributed by atoms with Gasteiger partial charge in [-0.15, -0.1) is 11.3 Å². The zero-order valence-corrected chi connectivity index (χ0v) is 10.5. The predicted molar refractivity (Wildman–Crippen MR) is 68.6 cm³/mol. The molecule has 2 rings (SSSR count). The highest BCUT2D eigenvalue weighted by Gasteiger charge is 2.08. The summed E-state index contributed by atoms with van der Waals surface area (Å²) in [6.07, 6.45) is 5.40. The maximum absolute atomic E-state index is 12.0. The minimum Gasteiger partial charge on any atom is -0.301 e. The van der Waals surface area contributed by atoms with Gasteiger partial charge in [-0.25, -0.2) is 4.98 Å². The Bertz CT molecular complexity index is 586. The molecular formula is C12H14N2O2S. The SMILES string of the molecule is CCCCc1cc2c(=O)n(CC=O)cnc2s1. The van der Waals surface area contributed by atoms with Gasteiger partial charge in [-0.2, -0.15) is 0 Å². The molecule has 0 aromatic carbocycles. The predicted octanol–water partition coefficient (Wildman–Crippen LogP) is 2.00. The summed E-state index contributed by atoms with van der Waals surface area (Å²) < 4.78 is 1.34. The lowest BCUT2D eigenvalue weighted by molar-refractivity contribution is -0.108. The van der Waals surface area contributed by atoms with Gasteiger partial charge in [-0.1, -0.05) is 13.3 Å². The first-order valence-electron chi connectivity index (χ1n) is 5.67. The number of thiophene rings is 1. The van der Waals surface area contributed by atoms with Gasteiger partial charge in [0.05, 0.1) is 18.3 Å². The zero-order valence-electron chi connectivity index (χ0n) is 9.68. The molecule has 17 heavy (non-hydrogen) atoms. The zero-order chi connectivity index (χ0) is 12.3. The highest BCUT2D eigenvalue weighted by molar-refractivity contribution is 7.18. The normalized spacial score (nSPS) is 10.9. The Balaban J connectivity index is 2.43. The van der Waals surface area contributed by atoms with Crippen LogP contribution < -0.4 is 5.56 Å². The molecule has 0 spiro atoms. The summed E-state index contributed by atoms with van der Waals surface area (Å²) in [6, 6.07) is 1.91. The minimum absolute atomic E-state index is 0.0713. The van der Waals surface area contributed by atoms with Crippen molar-refractivity contribution in [3.8, 4) is 0 Å². The van der Waals surface area contributed by atoms with Crippen molar-refractivity contribution in [2.75, 3.05) is 0 Å². The van der Waals surface area contributed by atoms with Crippen LogP contribution in [-0.4, -0.2) is 15.8 Å². The lowest BCUT2D eigenvalue weighted by Crippen LogP contribution is -2.20. The second-order valence-electron chi connectivity index (χ2n) is 3.90. The van der Waals surface area contributed by atoms with E-state index in [1.807, 2.05) is 6.07 Å². The second-order valence-corrected chi connectivity index (χ2v) is 5.02. The highest BCUT2D eigenvalue weighted by Crippen LogP contribution is 2.22. The maximum Gasteiger partial charge on any atom is 0.262 e. The van der Waals surface area contributed by atoms with Gasteiger partial charge < -0.3 is 4.79 Å². The van der Waals surface area contributed by atoms with Gasteiger partial charge in [0, 0.05) is 4.88 Å². The number of carbonyl (C=O) groups is 1. The van der Waals surface area contributed by atoms with Crippen LogP contribution in [0.3, 0.4) is 0 Å². The Morgan fingerprint density at radius 3 is 3.06 bits per heavy atom. The molecule has 90 valence electrons. The standard InChI is InChI=1S/C12H14N2O2S/c1-2-3-4-9-7-10-11(17-9)13-8-14(5-6-15)12(10)16/h6-8H,2-5H2,1H3. The number of unbranched alkanes of at least 4 members (excludes halogenated alkanes) is 1. The molecule has 0 unspecified atom stereocenters. The number of rotatable bonds is 5. The number of nitrogens with zero attached hydrogens (tertiary/aromatic N) is 2.